The number of phenolic OH excluding ortho intramolecular Hbond substituents is 1. The molecule has 2 rings (SSSR count). The molecule has 0 atom stereocenters. The molecule has 20 heavy (non-hydrogen) atoms. The van der Waals surface area contributed by atoms with Gasteiger partial charge >= 0.3 is 0 Å². The summed E-state index contributed by atoms with van der Waals surface area (Å²) in [5.74, 6) is 0.455. The number of aromatic hydroxyl groups is 1. The van der Waals surface area contributed by atoms with Crippen LogP contribution in [-0.4, -0.2) is 42.2 Å². The Labute approximate surface area is 118 Å². The second-order valence-corrected chi connectivity index (χ2v) is 4.93. The van der Waals surface area contributed by atoms with Gasteiger partial charge in [-0.3, -0.25) is 4.79 Å². The molecule has 0 bridgehead atoms. The van der Waals surface area contributed by atoms with Crippen LogP contribution in [0.4, 0.5) is 0 Å². The zero-order chi connectivity index (χ0) is 14.5. The second kappa shape index (κ2) is 6.43. The van der Waals surface area contributed by atoms with E-state index in [4.69, 9.17) is 10.5 Å². The maximum absolute atomic E-state index is 12.0. The first-order valence-electron chi connectivity index (χ1n) is 6.69. The van der Waals surface area contributed by atoms with Gasteiger partial charge in [-0.1, -0.05) is 6.07 Å². The molecule has 5 nitrogen and oxygen atoms in total. The molecule has 1 amide bonds. The van der Waals surface area contributed by atoms with Crippen molar-refractivity contribution in [3.8, 4) is 11.5 Å². The summed E-state index contributed by atoms with van der Waals surface area (Å²) in [7, 11) is 1.50. The molecule has 1 aromatic carbocycles. The first-order chi connectivity index (χ1) is 9.60. The average molecular weight is 276 g/mol. The van der Waals surface area contributed by atoms with Gasteiger partial charge in [0.1, 0.15) is 0 Å². The number of benzene rings is 1. The molecule has 1 aliphatic heterocycles. The highest BCUT2D eigenvalue weighted by Gasteiger charge is 2.18. The zero-order valence-electron chi connectivity index (χ0n) is 11.6. The van der Waals surface area contributed by atoms with E-state index < -0.39 is 0 Å². The molecule has 0 spiro atoms. The van der Waals surface area contributed by atoms with Gasteiger partial charge in [0.25, 0.3) is 0 Å². The number of hydrogen-bond donors (Lipinski definition) is 2. The third-order valence-corrected chi connectivity index (χ3v) is 3.47. The zero-order valence-corrected chi connectivity index (χ0v) is 11.6. The predicted octanol–water partition coefficient (Wildman–Crippen LogP) is 1.36. The molecule has 5 heteroatoms. The Morgan fingerprint density at radius 2 is 2.15 bits per heavy atom. The minimum atomic E-state index is -0.0211. The van der Waals surface area contributed by atoms with Crippen LogP contribution < -0.4 is 10.5 Å². The molecule has 108 valence electrons. The lowest BCUT2D eigenvalue weighted by Crippen LogP contribution is -2.42. The molecule has 0 aliphatic carbocycles. The first kappa shape index (κ1) is 14.4. The maximum atomic E-state index is 12.0. The summed E-state index contributed by atoms with van der Waals surface area (Å²) in [6.07, 6.45) is 4.92. The van der Waals surface area contributed by atoms with Crippen molar-refractivity contribution in [2.24, 2.45) is 5.73 Å². The number of piperidine rings is 1. The molecule has 0 aromatic heterocycles. The highest BCUT2D eigenvalue weighted by molar-refractivity contribution is 5.91. The van der Waals surface area contributed by atoms with E-state index in [-0.39, 0.29) is 17.7 Å². The highest BCUT2D eigenvalue weighted by atomic mass is 16.5. The molecule has 1 fully saturated rings. The van der Waals surface area contributed by atoms with E-state index in [9.17, 15) is 9.90 Å². The third kappa shape index (κ3) is 3.51. The Balaban J connectivity index is 1.98. The summed E-state index contributed by atoms with van der Waals surface area (Å²) in [6, 6.07) is 5.23. The van der Waals surface area contributed by atoms with Crippen LogP contribution in [0.5, 0.6) is 11.5 Å². The normalized spacial score (nSPS) is 16.6. The standard InChI is InChI=1S/C15H20N2O3/c1-20-14-4-2-11(10-13(14)18)3-5-15(19)17-8-6-12(16)7-9-17/h2-5,10,12,18H,6-9,16H2,1H3/b5-3+. The number of nitrogens with two attached hydrogens (primary N) is 1. The lowest BCUT2D eigenvalue weighted by Gasteiger charge is -2.29. The number of hydrogen-bond acceptors (Lipinski definition) is 4. The first-order valence-corrected chi connectivity index (χ1v) is 6.69. The molecule has 1 heterocycles. The lowest BCUT2D eigenvalue weighted by molar-refractivity contribution is -0.126. The molecule has 1 aliphatic rings. The van der Waals surface area contributed by atoms with Gasteiger partial charge in [0.2, 0.25) is 5.91 Å². The molecule has 0 radical (unpaired) electrons. The Morgan fingerprint density at radius 3 is 2.75 bits per heavy atom. The average Bonchev–Trinajstić information content (AvgIpc) is 2.45. The van der Waals surface area contributed by atoms with Crippen LogP contribution >= 0.6 is 0 Å². The van der Waals surface area contributed by atoms with Crippen LogP contribution in [0.3, 0.4) is 0 Å². The van der Waals surface area contributed by atoms with Crippen molar-refractivity contribution >= 4 is 12.0 Å². The monoisotopic (exact) mass is 276 g/mol. The summed E-state index contributed by atoms with van der Waals surface area (Å²) in [5, 5.41) is 9.67. The minimum Gasteiger partial charge on any atom is -0.504 e. The van der Waals surface area contributed by atoms with Gasteiger partial charge in [-0.15, -0.1) is 0 Å². The number of methoxy groups -OCH3 is 1. The Morgan fingerprint density at radius 1 is 1.45 bits per heavy atom. The number of amides is 1. The molecule has 1 aromatic rings. The van der Waals surface area contributed by atoms with E-state index in [1.807, 2.05) is 0 Å². The van der Waals surface area contributed by atoms with Gasteiger partial charge < -0.3 is 20.5 Å². The number of phenols is 1. The fourth-order valence-electron chi connectivity index (χ4n) is 2.20. The van der Waals surface area contributed by atoms with Gasteiger partial charge in [-0.2, -0.15) is 0 Å². The Kier molecular flexibility index (Phi) is 4.63. The summed E-state index contributed by atoms with van der Waals surface area (Å²) in [5.41, 5.74) is 6.57. The molecular weight excluding hydrogens is 256 g/mol. The van der Waals surface area contributed by atoms with Gasteiger partial charge in [0.15, 0.2) is 11.5 Å². The maximum Gasteiger partial charge on any atom is 0.246 e. The SMILES string of the molecule is COc1ccc(/C=C/C(=O)N2CCC(N)CC2)cc1O. The van der Waals surface area contributed by atoms with E-state index in [0.29, 0.717) is 18.8 Å². The minimum absolute atomic E-state index is 0.0211. The van der Waals surface area contributed by atoms with Crippen LogP contribution in [0.25, 0.3) is 6.08 Å². The second-order valence-electron chi connectivity index (χ2n) is 4.93. The number of rotatable bonds is 3. The van der Waals surface area contributed by atoms with Crippen LogP contribution in [-0.2, 0) is 4.79 Å². The number of ether oxygens (including phenoxy) is 1. The largest absolute Gasteiger partial charge is 0.504 e. The Bertz CT molecular complexity index is 506. The van der Waals surface area contributed by atoms with Crippen molar-refractivity contribution in [1.29, 1.82) is 0 Å². The number of nitrogens with zero attached hydrogens (tertiary/aromatic N) is 1. The molecule has 3 N–H and O–H groups in total. The van der Waals surface area contributed by atoms with Gasteiger partial charge in [-0.05, 0) is 36.6 Å². The van der Waals surface area contributed by atoms with Crippen molar-refractivity contribution in [2.75, 3.05) is 20.2 Å². The molecule has 0 saturated carbocycles. The fraction of sp³-hybridized carbons (Fsp3) is 0.400. The van der Waals surface area contributed by atoms with Crippen molar-refractivity contribution in [3.05, 3.63) is 29.8 Å². The van der Waals surface area contributed by atoms with Crippen LogP contribution in [0.2, 0.25) is 0 Å². The summed E-state index contributed by atoms with van der Waals surface area (Å²) < 4.78 is 4.97. The molecule has 0 unspecified atom stereocenters. The molecule has 1 saturated heterocycles. The van der Waals surface area contributed by atoms with E-state index in [1.165, 1.54) is 13.2 Å². The lowest BCUT2D eigenvalue weighted by atomic mass is 10.1. The van der Waals surface area contributed by atoms with Crippen LogP contribution in [0.15, 0.2) is 24.3 Å². The van der Waals surface area contributed by atoms with Crippen molar-refractivity contribution in [1.82, 2.24) is 4.90 Å². The van der Waals surface area contributed by atoms with Crippen LogP contribution in [0.1, 0.15) is 18.4 Å². The topological polar surface area (TPSA) is 75.8 Å². The summed E-state index contributed by atoms with van der Waals surface area (Å²) in [6.45, 7) is 1.41. The van der Waals surface area contributed by atoms with Crippen molar-refractivity contribution in [2.45, 2.75) is 18.9 Å². The highest BCUT2D eigenvalue weighted by Crippen LogP contribution is 2.26. The van der Waals surface area contributed by atoms with E-state index in [0.717, 1.165) is 18.4 Å². The number of carbonyl (C=O) groups is 1. The van der Waals surface area contributed by atoms with Gasteiger partial charge in [0.05, 0.1) is 7.11 Å². The van der Waals surface area contributed by atoms with Crippen molar-refractivity contribution in [3.63, 3.8) is 0 Å². The van der Waals surface area contributed by atoms with Gasteiger partial charge in [-0.25, -0.2) is 0 Å². The smallest absolute Gasteiger partial charge is 0.246 e. The third-order valence-electron chi connectivity index (χ3n) is 3.47. The van der Waals surface area contributed by atoms with E-state index >= 15 is 0 Å². The van der Waals surface area contributed by atoms with Gasteiger partial charge in [0, 0.05) is 25.2 Å². The quantitative estimate of drug-likeness (QED) is 0.817. The number of likely N-dealkylation sites (tertiary alicyclic amines) is 1. The van der Waals surface area contributed by atoms with E-state index in [1.54, 1.807) is 29.2 Å². The van der Waals surface area contributed by atoms with Crippen molar-refractivity contribution < 1.29 is 14.6 Å². The predicted molar refractivity (Wildman–Crippen MR) is 77.5 cm³/mol. The number of carbonyl (C=O) groups excluding carboxylic acids is 1. The van der Waals surface area contributed by atoms with Crippen LogP contribution in [0, 0.1) is 0 Å². The molecular formula is C15H20N2O3. The fourth-order valence-corrected chi connectivity index (χ4v) is 2.20. The Hall–Kier alpha value is -2.01. The summed E-state index contributed by atoms with van der Waals surface area (Å²) in [4.78, 5) is 13.8. The summed E-state index contributed by atoms with van der Waals surface area (Å²) >= 11 is 0. The van der Waals surface area contributed by atoms with E-state index in [2.05, 4.69) is 0 Å².